The zero-order valence-corrected chi connectivity index (χ0v) is 19.2. The topological polar surface area (TPSA) is 77.6 Å². The lowest BCUT2D eigenvalue weighted by molar-refractivity contribution is 0.102. The Morgan fingerprint density at radius 3 is 2.62 bits per heavy atom. The number of hydrogen-bond donors (Lipinski definition) is 1. The van der Waals surface area contributed by atoms with Crippen molar-refractivity contribution >= 4 is 34.2 Å². The minimum absolute atomic E-state index is 0.185. The van der Waals surface area contributed by atoms with Crippen LogP contribution in [0.1, 0.15) is 21.6 Å². The average molecular weight is 475 g/mol. The van der Waals surface area contributed by atoms with Crippen LogP contribution in [0, 0.1) is 12.7 Å². The number of nitrogens with one attached hydrogen (secondary N) is 1. The van der Waals surface area contributed by atoms with Crippen molar-refractivity contribution in [2.75, 3.05) is 5.32 Å². The first-order valence-electron chi connectivity index (χ1n) is 10.6. The summed E-state index contributed by atoms with van der Waals surface area (Å²) in [6.45, 7) is 2.08. The Hall–Kier alpha value is -4.04. The molecule has 1 N–H and O–H groups in total. The van der Waals surface area contributed by atoms with Crippen molar-refractivity contribution in [2.24, 2.45) is 7.05 Å². The van der Waals surface area contributed by atoms with E-state index in [0.29, 0.717) is 27.7 Å². The van der Waals surface area contributed by atoms with E-state index in [1.165, 1.54) is 10.7 Å². The van der Waals surface area contributed by atoms with Crippen LogP contribution in [0.2, 0.25) is 5.02 Å². The number of carbonyl (C=O) groups excluding carboxylic acids is 1. The van der Waals surface area contributed by atoms with E-state index >= 15 is 0 Å². The molecule has 0 atom stereocenters. The van der Waals surface area contributed by atoms with E-state index in [4.69, 9.17) is 16.6 Å². The van der Waals surface area contributed by atoms with Crippen LogP contribution in [0.5, 0.6) is 0 Å². The highest BCUT2D eigenvalue weighted by Gasteiger charge is 2.18. The summed E-state index contributed by atoms with van der Waals surface area (Å²) < 4.78 is 17.2. The predicted octanol–water partition coefficient (Wildman–Crippen LogP) is 5.23. The highest BCUT2D eigenvalue weighted by Crippen LogP contribution is 2.28. The van der Waals surface area contributed by atoms with Gasteiger partial charge in [-0.15, -0.1) is 0 Å². The molecule has 0 aliphatic rings. The lowest BCUT2D eigenvalue weighted by Gasteiger charge is -2.09. The Balaban J connectivity index is 1.49. The van der Waals surface area contributed by atoms with Crippen molar-refractivity contribution in [3.05, 3.63) is 94.7 Å². The Labute approximate surface area is 199 Å². The molecular formula is C25H20ClFN6O. The lowest BCUT2D eigenvalue weighted by Crippen LogP contribution is -2.14. The zero-order chi connectivity index (χ0) is 23.8. The highest BCUT2D eigenvalue weighted by molar-refractivity contribution is 6.33. The fraction of sp³-hybridized carbons (Fsp3) is 0.120. The molecule has 2 aromatic carbocycles. The maximum atomic E-state index is 14.0. The van der Waals surface area contributed by atoms with E-state index in [0.717, 1.165) is 11.3 Å². The molecule has 34 heavy (non-hydrogen) atoms. The molecule has 0 unspecified atom stereocenters. The fourth-order valence-corrected chi connectivity index (χ4v) is 4.09. The molecule has 7 nitrogen and oxygen atoms in total. The maximum Gasteiger partial charge on any atom is 0.257 e. The second kappa shape index (κ2) is 8.72. The number of benzene rings is 2. The number of pyridine rings is 1. The first-order valence-corrected chi connectivity index (χ1v) is 10.9. The Bertz CT molecular complexity index is 1540. The molecule has 0 spiro atoms. The molecule has 0 aliphatic carbocycles. The van der Waals surface area contributed by atoms with E-state index in [2.05, 4.69) is 15.5 Å². The van der Waals surface area contributed by atoms with Gasteiger partial charge in [0, 0.05) is 36.0 Å². The number of anilines is 1. The van der Waals surface area contributed by atoms with E-state index in [1.54, 1.807) is 35.1 Å². The Morgan fingerprint density at radius 1 is 1.09 bits per heavy atom. The van der Waals surface area contributed by atoms with Gasteiger partial charge < -0.3 is 5.32 Å². The van der Waals surface area contributed by atoms with E-state index in [-0.39, 0.29) is 29.1 Å². The molecule has 170 valence electrons. The number of para-hydroxylation sites is 1. The summed E-state index contributed by atoms with van der Waals surface area (Å²) in [5.41, 5.74) is 3.89. The Kier molecular flexibility index (Phi) is 5.59. The number of rotatable bonds is 5. The van der Waals surface area contributed by atoms with Crippen molar-refractivity contribution < 1.29 is 9.18 Å². The van der Waals surface area contributed by atoms with E-state index in [1.807, 2.05) is 44.4 Å². The molecule has 0 saturated heterocycles. The monoisotopic (exact) mass is 474 g/mol. The van der Waals surface area contributed by atoms with Gasteiger partial charge in [-0.25, -0.2) is 9.37 Å². The summed E-state index contributed by atoms with van der Waals surface area (Å²) in [7, 11) is 1.84. The third-order valence-corrected chi connectivity index (χ3v) is 5.77. The van der Waals surface area contributed by atoms with Crippen LogP contribution in [0.15, 0.2) is 67.0 Å². The van der Waals surface area contributed by atoms with Gasteiger partial charge in [0.1, 0.15) is 10.8 Å². The fourth-order valence-electron chi connectivity index (χ4n) is 3.89. The van der Waals surface area contributed by atoms with Crippen LogP contribution in [0.25, 0.3) is 22.2 Å². The molecule has 0 aliphatic heterocycles. The van der Waals surface area contributed by atoms with Gasteiger partial charge in [0.15, 0.2) is 5.82 Å². The van der Waals surface area contributed by atoms with Crippen LogP contribution in [0.4, 0.5) is 10.2 Å². The number of aryl methyl sites for hydroxylation is 2. The molecule has 5 aromatic rings. The van der Waals surface area contributed by atoms with Crippen molar-refractivity contribution in [1.82, 2.24) is 24.5 Å². The smallest absolute Gasteiger partial charge is 0.257 e. The van der Waals surface area contributed by atoms with Gasteiger partial charge in [0.2, 0.25) is 0 Å². The largest absolute Gasteiger partial charge is 0.304 e. The summed E-state index contributed by atoms with van der Waals surface area (Å²) in [5.74, 6) is -0.511. The molecule has 0 bridgehead atoms. The van der Waals surface area contributed by atoms with Gasteiger partial charge in [-0.1, -0.05) is 48.0 Å². The second-order valence-corrected chi connectivity index (χ2v) is 8.35. The number of amides is 1. The van der Waals surface area contributed by atoms with E-state index < -0.39 is 0 Å². The van der Waals surface area contributed by atoms with Crippen LogP contribution in [-0.2, 0) is 13.6 Å². The minimum atomic E-state index is -0.376. The van der Waals surface area contributed by atoms with Gasteiger partial charge in [0.05, 0.1) is 29.0 Å². The van der Waals surface area contributed by atoms with Gasteiger partial charge in [-0.3, -0.25) is 14.2 Å². The van der Waals surface area contributed by atoms with Crippen molar-refractivity contribution in [2.45, 2.75) is 13.5 Å². The number of hydrogen-bond acceptors (Lipinski definition) is 4. The van der Waals surface area contributed by atoms with Crippen molar-refractivity contribution in [3.63, 3.8) is 0 Å². The summed E-state index contributed by atoms with van der Waals surface area (Å²) in [4.78, 5) is 18.1. The Morgan fingerprint density at radius 2 is 1.85 bits per heavy atom. The second-order valence-electron chi connectivity index (χ2n) is 7.94. The third-order valence-electron chi connectivity index (χ3n) is 5.49. The quantitative estimate of drug-likeness (QED) is 0.378. The van der Waals surface area contributed by atoms with Crippen LogP contribution >= 0.6 is 11.6 Å². The lowest BCUT2D eigenvalue weighted by atomic mass is 10.0. The molecule has 0 saturated carbocycles. The number of aromatic nitrogens is 5. The summed E-state index contributed by atoms with van der Waals surface area (Å²) in [6, 6.07) is 15.6. The van der Waals surface area contributed by atoms with E-state index in [9.17, 15) is 9.18 Å². The van der Waals surface area contributed by atoms with Crippen LogP contribution in [0.3, 0.4) is 0 Å². The number of carbonyl (C=O) groups is 1. The van der Waals surface area contributed by atoms with Gasteiger partial charge in [-0.2, -0.15) is 10.2 Å². The molecular weight excluding hydrogens is 455 g/mol. The molecule has 3 aromatic heterocycles. The average Bonchev–Trinajstić information content (AvgIpc) is 3.34. The number of fused-ring (bicyclic) bond motifs is 1. The number of halogens is 2. The minimum Gasteiger partial charge on any atom is -0.304 e. The van der Waals surface area contributed by atoms with Gasteiger partial charge in [0.25, 0.3) is 5.91 Å². The molecule has 3 heterocycles. The van der Waals surface area contributed by atoms with Crippen molar-refractivity contribution in [1.29, 1.82) is 0 Å². The van der Waals surface area contributed by atoms with Crippen LogP contribution in [-0.4, -0.2) is 30.5 Å². The first kappa shape index (κ1) is 21.8. The normalized spacial score (nSPS) is 11.2. The molecule has 9 heteroatoms. The molecule has 0 radical (unpaired) electrons. The molecule has 0 fully saturated rings. The third kappa shape index (κ3) is 4.15. The highest BCUT2D eigenvalue weighted by atomic mass is 35.5. The van der Waals surface area contributed by atoms with Crippen LogP contribution < -0.4 is 5.32 Å². The molecule has 5 rings (SSSR count). The summed E-state index contributed by atoms with van der Waals surface area (Å²) in [6.07, 6.45) is 3.42. The molecule has 1 amide bonds. The summed E-state index contributed by atoms with van der Waals surface area (Å²) >= 11 is 6.34. The SMILES string of the molecule is Cc1nn(C)cc1-c1cc(C(=O)Nc2nn(Cc3ccccc3F)cc2Cl)c2ccccc2n1. The first-order chi connectivity index (χ1) is 16.4. The zero-order valence-electron chi connectivity index (χ0n) is 18.5. The summed E-state index contributed by atoms with van der Waals surface area (Å²) in [5, 5.41) is 12.5. The van der Waals surface area contributed by atoms with Gasteiger partial charge in [-0.05, 0) is 25.1 Å². The standard InChI is InChI=1S/C25H20ClFN6O/c1-15-19(13-32(2)30-15)23-11-18(17-8-4-6-10-22(17)28-23)25(34)29-24-20(26)14-33(31-24)12-16-7-3-5-9-21(16)27/h3-11,13-14H,12H2,1-2H3,(H,29,31,34). The van der Waals surface area contributed by atoms with Crippen molar-refractivity contribution in [3.8, 4) is 11.3 Å². The maximum absolute atomic E-state index is 14.0. The van der Waals surface area contributed by atoms with Gasteiger partial charge >= 0.3 is 0 Å². The number of nitrogens with zero attached hydrogens (tertiary/aromatic N) is 5. The predicted molar refractivity (Wildman–Crippen MR) is 129 cm³/mol.